The van der Waals surface area contributed by atoms with E-state index in [9.17, 15) is 12.5 Å². The molecule has 0 aromatic heterocycles. The molecule has 12 heavy (non-hydrogen) atoms. The molecule has 0 spiro atoms. The Morgan fingerprint density at radius 1 is 1.50 bits per heavy atom. The van der Waals surface area contributed by atoms with Crippen LogP contribution in [-0.4, -0.2) is 35.7 Å². The Morgan fingerprint density at radius 2 is 1.83 bits per heavy atom. The Hall–Kier alpha value is -0.491. The van der Waals surface area contributed by atoms with E-state index in [1.807, 2.05) is 6.92 Å². The van der Waals surface area contributed by atoms with E-state index in [-0.39, 0.29) is 0 Å². The Kier molecular flexibility index (Phi) is 8.40. The third-order valence-corrected chi connectivity index (χ3v) is 1.56. The van der Waals surface area contributed by atoms with Crippen LogP contribution in [0, 0.1) is 0 Å². The summed E-state index contributed by atoms with van der Waals surface area (Å²) in [6.45, 7) is 1.84. The molecule has 0 radical (unpaired) electrons. The summed E-state index contributed by atoms with van der Waals surface area (Å²) in [5.41, 5.74) is 0. The van der Waals surface area contributed by atoms with E-state index in [1.54, 1.807) is 0 Å². The van der Waals surface area contributed by atoms with Crippen LogP contribution in [0.1, 0.15) is 19.8 Å². The minimum absolute atomic E-state index is 0.292. The molecule has 0 fully saturated rings. The fourth-order valence-electron chi connectivity index (χ4n) is 0.214. The summed E-state index contributed by atoms with van der Waals surface area (Å²) in [6.07, 6.45) is 1.02. The molecule has 0 bridgehead atoms. The van der Waals surface area contributed by atoms with Gasteiger partial charge in [-0.15, -0.1) is 0 Å². The van der Waals surface area contributed by atoms with E-state index in [2.05, 4.69) is 3.82 Å². The molecular weight excluding hydrogens is 235 g/mol. The molecule has 0 aliphatic carbocycles. The Balaban J connectivity index is 0. The van der Waals surface area contributed by atoms with Crippen molar-refractivity contribution in [3.8, 4) is 0 Å². The number of carboxylic acids is 1. The van der Waals surface area contributed by atoms with Crippen LogP contribution in [0.5, 0.6) is 0 Å². The summed E-state index contributed by atoms with van der Waals surface area (Å²) in [5.74, 6) is -0.711. The fourth-order valence-corrected chi connectivity index (χ4v) is 0.214. The van der Waals surface area contributed by atoms with Crippen LogP contribution in [0.3, 0.4) is 0 Å². The van der Waals surface area contributed by atoms with Gasteiger partial charge in [-0.2, -0.15) is 0 Å². The molecule has 0 aliphatic rings. The summed E-state index contributed by atoms with van der Waals surface area (Å²) in [4.78, 5) is 9.60. The average molecular weight is 247 g/mol. The van der Waals surface area contributed by atoms with E-state index < -0.39 is 19.3 Å². The number of rotatable bonds is 3. The number of hydrogen-bond acceptors (Lipinski definition) is 4. The molecule has 0 rings (SSSR count). The summed E-state index contributed by atoms with van der Waals surface area (Å²) < 4.78 is 30.0. The van der Waals surface area contributed by atoms with Gasteiger partial charge >= 0.3 is 42.1 Å². The molecular formula is C5H12O6Se. The van der Waals surface area contributed by atoms with Gasteiger partial charge in [-0.1, -0.05) is 6.92 Å². The van der Waals surface area contributed by atoms with Crippen molar-refractivity contribution in [2.45, 2.75) is 19.8 Å². The van der Waals surface area contributed by atoms with Gasteiger partial charge in [0.05, 0.1) is 0 Å². The third kappa shape index (κ3) is 22.7. The molecule has 0 aliphatic heterocycles. The Labute approximate surface area is 72.4 Å². The van der Waals surface area contributed by atoms with Crippen LogP contribution in [0.15, 0.2) is 0 Å². The minimum atomic E-state index is -4.78. The predicted molar refractivity (Wildman–Crippen MR) is 38.9 cm³/mol. The van der Waals surface area contributed by atoms with Gasteiger partial charge in [-0.3, -0.25) is 4.79 Å². The number of aliphatic carboxylic acids is 1. The molecule has 0 heterocycles. The van der Waals surface area contributed by atoms with Gasteiger partial charge in [0.2, 0.25) is 0 Å². The van der Waals surface area contributed by atoms with Gasteiger partial charge in [0.15, 0.2) is 0 Å². The molecule has 0 aromatic carbocycles. The first-order chi connectivity index (χ1) is 5.33. The fraction of sp³-hybridized carbons (Fsp3) is 0.800. The summed E-state index contributed by atoms with van der Waals surface area (Å²) in [5, 5.41) is 7.91. The second-order valence-corrected chi connectivity index (χ2v) is 4.23. The van der Waals surface area contributed by atoms with Crippen molar-refractivity contribution in [1.29, 1.82) is 0 Å². The Morgan fingerprint density at radius 3 is 1.83 bits per heavy atom. The standard InChI is InChI=1S/C4H8O2.CH4O4Se/c1-2-3-4(5)6;1-5-6(2,3)4/h2-3H2,1H3,(H,5,6);1H3,(H,2,3,4). The van der Waals surface area contributed by atoms with E-state index in [1.165, 1.54) is 0 Å². The van der Waals surface area contributed by atoms with Crippen LogP contribution in [0.25, 0.3) is 0 Å². The van der Waals surface area contributed by atoms with Crippen molar-refractivity contribution < 1.29 is 25.6 Å². The van der Waals surface area contributed by atoms with Crippen LogP contribution < -0.4 is 0 Å². The maximum atomic E-state index is 9.60. The summed E-state index contributed by atoms with van der Waals surface area (Å²) in [7, 11) is 0.903. The zero-order valence-corrected chi connectivity index (χ0v) is 8.56. The molecule has 0 atom stereocenters. The molecule has 74 valence electrons. The Bertz CT molecular complexity index is 206. The predicted octanol–water partition coefficient (Wildman–Crippen LogP) is -0.207. The van der Waals surface area contributed by atoms with Crippen LogP contribution >= 0.6 is 0 Å². The molecule has 7 heteroatoms. The average Bonchev–Trinajstić information content (AvgIpc) is 1.87. The van der Waals surface area contributed by atoms with Gasteiger partial charge in [-0.25, -0.2) is 0 Å². The van der Waals surface area contributed by atoms with Crippen LogP contribution in [0.4, 0.5) is 0 Å². The van der Waals surface area contributed by atoms with Crippen molar-refractivity contribution in [2.75, 3.05) is 7.11 Å². The second-order valence-electron chi connectivity index (χ2n) is 1.74. The maximum absolute atomic E-state index is 9.60. The van der Waals surface area contributed by atoms with Gasteiger partial charge in [0.25, 0.3) is 0 Å². The molecule has 6 nitrogen and oxygen atoms in total. The van der Waals surface area contributed by atoms with Gasteiger partial charge in [-0.05, 0) is 6.42 Å². The normalized spacial score (nSPS) is 9.92. The van der Waals surface area contributed by atoms with Crippen molar-refractivity contribution in [3.05, 3.63) is 0 Å². The first kappa shape index (κ1) is 14.1. The first-order valence-electron chi connectivity index (χ1n) is 3.08. The zero-order chi connectivity index (χ0) is 10.2. The van der Waals surface area contributed by atoms with Gasteiger partial charge in [0.1, 0.15) is 0 Å². The summed E-state index contributed by atoms with van der Waals surface area (Å²) in [6, 6.07) is 0. The topological polar surface area (TPSA) is 101 Å². The third-order valence-electron chi connectivity index (χ3n) is 0.674. The monoisotopic (exact) mass is 248 g/mol. The van der Waals surface area contributed by atoms with E-state index >= 15 is 0 Å². The van der Waals surface area contributed by atoms with Crippen molar-refractivity contribution in [1.82, 2.24) is 0 Å². The van der Waals surface area contributed by atoms with Crippen molar-refractivity contribution >= 4 is 19.3 Å². The van der Waals surface area contributed by atoms with Crippen LogP contribution in [0.2, 0.25) is 0 Å². The van der Waals surface area contributed by atoms with E-state index in [0.29, 0.717) is 6.42 Å². The zero-order valence-electron chi connectivity index (χ0n) is 6.85. The molecule has 0 saturated heterocycles. The number of carbonyl (C=O) groups is 1. The second kappa shape index (κ2) is 7.17. The molecule has 2 N–H and O–H groups in total. The van der Waals surface area contributed by atoms with Crippen molar-refractivity contribution in [2.24, 2.45) is 0 Å². The molecule has 0 amide bonds. The number of hydrogen-bond donors (Lipinski definition) is 2. The van der Waals surface area contributed by atoms with Gasteiger partial charge in [0, 0.05) is 6.42 Å². The number of carboxylic acid groups (broad SMARTS) is 1. The van der Waals surface area contributed by atoms with Crippen molar-refractivity contribution in [3.63, 3.8) is 0 Å². The van der Waals surface area contributed by atoms with Gasteiger partial charge < -0.3 is 5.11 Å². The van der Waals surface area contributed by atoms with E-state index in [4.69, 9.17) is 9.30 Å². The van der Waals surface area contributed by atoms with Crippen LogP contribution in [-0.2, 0) is 16.3 Å². The summed E-state index contributed by atoms with van der Waals surface area (Å²) >= 11 is -4.78. The first-order valence-corrected chi connectivity index (χ1v) is 5.94. The molecule has 0 saturated carbocycles. The quantitative estimate of drug-likeness (QED) is 0.669. The molecule has 0 unspecified atom stereocenters. The molecule has 0 aromatic rings. The van der Waals surface area contributed by atoms with E-state index in [0.717, 1.165) is 13.5 Å². The SMILES string of the molecule is CCCC(=O)O.CO[Se](=O)(=O)O.